The van der Waals surface area contributed by atoms with Gasteiger partial charge in [0, 0.05) is 17.0 Å². The first kappa shape index (κ1) is 20.1. The van der Waals surface area contributed by atoms with Crippen LogP contribution in [0.1, 0.15) is 60.5 Å². The highest BCUT2D eigenvalue weighted by atomic mass is 16.5. The highest BCUT2D eigenvalue weighted by Crippen LogP contribution is 2.31. The van der Waals surface area contributed by atoms with Crippen LogP contribution in [0.2, 0.25) is 0 Å². The Morgan fingerprint density at radius 1 is 0.929 bits per heavy atom. The molecule has 148 valence electrons. The van der Waals surface area contributed by atoms with Crippen LogP contribution in [0.25, 0.3) is 0 Å². The van der Waals surface area contributed by atoms with Crippen LogP contribution < -0.4 is 4.74 Å². The molecule has 0 saturated heterocycles. The highest BCUT2D eigenvalue weighted by molar-refractivity contribution is 6.09. The Balaban J connectivity index is 1.64. The fraction of sp³-hybridized carbons (Fsp3) is 0.417. The van der Waals surface area contributed by atoms with Crippen molar-refractivity contribution in [3.8, 4) is 5.75 Å². The van der Waals surface area contributed by atoms with Crippen molar-refractivity contribution in [2.75, 3.05) is 6.61 Å². The molecular weight excluding hydrogens is 352 g/mol. The van der Waals surface area contributed by atoms with Gasteiger partial charge in [-0.25, -0.2) is 0 Å². The van der Waals surface area contributed by atoms with Crippen molar-refractivity contribution >= 4 is 11.8 Å². The minimum Gasteiger partial charge on any atom is -0.490 e. The molecule has 0 bridgehead atoms. The largest absolute Gasteiger partial charge is 0.490 e. The normalized spacial score (nSPS) is 19.1. The maximum absolute atomic E-state index is 12.6. The van der Waals surface area contributed by atoms with E-state index in [9.17, 15) is 9.59 Å². The maximum atomic E-state index is 12.6. The van der Waals surface area contributed by atoms with Gasteiger partial charge in [0.2, 0.25) is 0 Å². The Kier molecular flexibility index (Phi) is 6.85. The molecule has 0 spiro atoms. The van der Waals surface area contributed by atoms with Gasteiger partial charge in [0.05, 0.1) is 13.0 Å². The number of rotatable bonds is 7. The maximum Gasteiger partial charge on any atom is 0.306 e. The van der Waals surface area contributed by atoms with Crippen molar-refractivity contribution in [3.05, 3.63) is 65.2 Å². The quantitative estimate of drug-likeness (QED) is 0.494. The Hall–Kier alpha value is -2.62. The molecule has 2 aromatic rings. The number of ketones is 1. The molecule has 3 rings (SSSR count). The summed E-state index contributed by atoms with van der Waals surface area (Å²) < 4.78 is 11.3. The van der Waals surface area contributed by atoms with Gasteiger partial charge in [-0.15, -0.1) is 0 Å². The summed E-state index contributed by atoms with van der Waals surface area (Å²) in [4.78, 5) is 24.5. The van der Waals surface area contributed by atoms with Crippen LogP contribution in [0.5, 0.6) is 5.75 Å². The topological polar surface area (TPSA) is 52.6 Å². The number of esters is 1. The summed E-state index contributed by atoms with van der Waals surface area (Å²) in [6.07, 6.45) is 4.56. The summed E-state index contributed by atoms with van der Waals surface area (Å²) >= 11 is 0. The summed E-state index contributed by atoms with van der Waals surface area (Å²) in [5.41, 5.74) is 2.45. The molecule has 0 N–H and O–H groups in total. The molecule has 0 aliphatic heterocycles. The highest BCUT2D eigenvalue weighted by Gasteiger charge is 2.29. The molecular formula is C24H28O4. The molecule has 4 heteroatoms. The zero-order chi connectivity index (χ0) is 19.9. The molecule has 1 aliphatic carbocycles. The van der Waals surface area contributed by atoms with E-state index in [1.165, 1.54) is 0 Å². The molecule has 1 aliphatic rings. The first-order chi connectivity index (χ1) is 13.6. The Morgan fingerprint density at radius 3 is 2.18 bits per heavy atom. The van der Waals surface area contributed by atoms with Crippen LogP contribution in [0, 0.1) is 12.8 Å². The number of aryl methyl sites for hydroxylation is 1. The van der Waals surface area contributed by atoms with Gasteiger partial charge in [-0.05, 0) is 57.4 Å². The fourth-order valence-corrected chi connectivity index (χ4v) is 3.73. The minimum atomic E-state index is -0.151. The third-order valence-corrected chi connectivity index (χ3v) is 5.29. The molecule has 2 unspecified atom stereocenters. The Labute approximate surface area is 166 Å². The fourth-order valence-electron chi connectivity index (χ4n) is 3.73. The molecule has 1 saturated carbocycles. The number of ether oxygens (including phenoxy) is 2. The van der Waals surface area contributed by atoms with Crippen LogP contribution in [-0.2, 0) is 9.53 Å². The van der Waals surface area contributed by atoms with Crippen molar-refractivity contribution in [1.29, 1.82) is 0 Å². The Bertz CT molecular complexity index is 792. The average molecular weight is 380 g/mol. The number of hydrogen-bond acceptors (Lipinski definition) is 4. The molecule has 28 heavy (non-hydrogen) atoms. The predicted molar refractivity (Wildman–Crippen MR) is 109 cm³/mol. The smallest absolute Gasteiger partial charge is 0.306 e. The van der Waals surface area contributed by atoms with E-state index in [1.54, 1.807) is 12.1 Å². The molecule has 2 atom stereocenters. The molecule has 4 nitrogen and oxygen atoms in total. The van der Waals surface area contributed by atoms with E-state index in [0.29, 0.717) is 24.2 Å². The minimum absolute atomic E-state index is 0.00408. The third-order valence-electron chi connectivity index (χ3n) is 5.29. The molecule has 0 amide bonds. The van der Waals surface area contributed by atoms with Crippen LogP contribution in [0.4, 0.5) is 0 Å². The van der Waals surface area contributed by atoms with E-state index in [0.717, 1.165) is 37.0 Å². The van der Waals surface area contributed by atoms with Gasteiger partial charge in [0.15, 0.2) is 5.78 Å². The average Bonchev–Trinajstić information content (AvgIpc) is 2.70. The van der Waals surface area contributed by atoms with Gasteiger partial charge in [-0.3, -0.25) is 9.59 Å². The molecule has 0 aromatic heterocycles. The molecule has 1 fully saturated rings. The lowest BCUT2D eigenvalue weighted by Crippen LogP contribution is -2.32. The second-order valence-electron chi connectivity index (χ2n) is 7.43. The van der Waals surface area contributed by atoms with Crippen LogP contribution in [0.3, 0.4) is 0 Å². The standard InChI is InChI=1S/C24H28O4/c1-3-27-23(25)16-20-6-4-5-7-22(20)28-21-14-12-19(13-15-21)24(26)18-10-8-17(2)9-11-18/h8-15,20,22H,3-7,16H2,1-2H3. The lowest BCUT2D eigenvalue weighted by atomic mass is 9.84. The van der Waals surface area contributed by atoms with E-state index in [4.69, 9.17) is 9.47 Å². The second kappa shape index (κ2) is 9.54. The zero-order valence-electron chi connectivity index (χ0n) is 16.6. The van der Waals surface area contributed by atoms with Crippen molar-refractivity contribution in [1.82, 2.24) is 0 Å². The van der Waals surface area contributed by atoms with Gasteiger partial charge in [-0.2, -0.15) is 0 Å². The first-order valence-corrected chi connectivity index (χ1v) is 10.1. The molecule has 0 heterocycles. The van der Waals surface area contributed by atoms with Crippen molar-refractivity contribution in [3.63, 3.8) is 0 Å². The molecule has 2 aromatic carbocycles. The number of carbonyl (C=O) groups is 2. The Morgan fingerprint density at radius 2 is 1.54 bits per heavy atom. The summed E-state index contributed by atoms with van der Waals surface area (Å²) in [6, 6.07) is 14.9. The zero-order valence-corrected chi connectivity index (χ0v) is 16.6. The van der Waals surface area contributed by atoms with Gasteiger partial charge in [0.1, 0.15) is 11.9 Å². The van der Waals surface area contributed by atoms with E-state index in [1.807, 2.05) is 50.2 Å². The first-order valence-electron chi connectivity index (χ1n) is 10.1. The number of benzene rings is 2. The van der Waals surface area contributed by atoms with Crippen LogP contribution in [-0.4, -0.2) is 24.5 Å². The summed E-state index contributed by atoms with van der Waals surface area (Å²) in [5, 5.41) is 0. The lowest BCUT2D eigenvalue weighted by molar-refractivity contribution is -0.145. The van der Waals surface area contributed by atoms with Gasteiger partial charge in [0.25, 0.3) is 0 Å². The third kappa shape index (κ3) is 5.22. The predicted octanol–water partition coefficient (Wildman–Crippen LogP) is 5.12. The van der Waals surface area contributed by atoms with E-state index >= 15 is 0 Å². The van der Waals surface area contributed by atoms with Crippen molar-refractivity contribution in [2.24, 2.45) is 5.92 Å². The van der Waals surface area contributed by atoms with Crippen molar-refractivity contribution < 1.29 is 19.1 Å². The number of hydrogen-bond donors (Lipinski definition) is 0. The van der Waals surface area contributed by atoms with E-state index < -0.39 is 0 Å². The molecule has 0 radical (unpaired) electrons. The summed E-state index contributed by atoms with van der Waals surface area (Å²) in [5.74, 6) is 0.773. The van der Waals surface area contributed by atoms with Gasteiger partial charge < -0.3 is 9.47 Å². The van der Waals surface area contributed by atoms with Crippen LogP contribution >= 0.6 is 0 Å². The van der Waals surface area contributed by atoms with Gasteiger partial charge in [-0.1, -0.05) is 36.2 Å². The van der Waals surface area contributed by atoms with E-state index in [-0.39, 0.29) is 23.8 Å². The second-order valence-corrected chi connectivity index (χ2v) is 7.43. The van der Waals surface area contributed by atoms with Crippen molar-refractivity contribution in [2.45, 2.75) is 52.1 Å². The lowest BCUT2D eigenvalue weighted by Gasteiger charge is -2.31. The SMILES string of the molecule is CCOC(=O)CC1CCCCC1Oc1ccc(C(=O)c2ccc(C)cc2)cc1. The summed E-state index contributed by atoms with van der Waals surface area (Å²) in [6.45, 7) is 4.24. The van der Waals surface area contributed by atoms with Gasteiger partial charge >= 0.3 is 5.97 Å². The monoisotopic (exact) mass is 380 g/mol. The number of carbonyl (C=O) groups excluding carboxylic acids is 2. The summed E-state index contributed by atoms with van der Waals surface area (Å²) in [7, 11) is 0. The van der Waals surface area contributed by atoms with E-state index in [2.05, 4.69) is 0 Å². The van der Waals surface area contributed by atoms with Crippen LogP contribution in [0.15, 0.2) is 48.5 Å².